The van der Waals surface area contributed by atoms with Crippen molar-refractivity contribution in [2.24, 2.45) is 0 Å². The van der Waals surface area contributed by atoms with Gasteiger partial charge in [0, 0.05) is 31.0 Å². The van der Waals surface area contributed by atoms with Crippen molar-refractivity contribution >= 4 is 0 Å². The first-order chi connectivity index (χ1) is 7.66. The first-order valence-electron chi connectivity index (χ1n) is 6.02. The maximum Gasteiger partial charge on any atom is 0.0312 e. The topological polar surface area (TPSA) is 28.2 Å². The Hall–Kier alpha value is -0.930. The van der Waals surface area contributed by atoms with Gasteiger partial charge in [0.1, 0.15) is 0 Å². The average molecular weight is 219 g/mol. The van der Waals surface area contributed by atoms with Gasteiger partial charge in [0.2, 0.25) is 0 Å². The molecule has 3 heteroatoms. The lowest BCUT2D eigenvalue weighted by Gasteiger charge is -2.29. The van der Waals surface area contributed by atoms with E-state index in [0.717, 1.165) is 19.6 Å². The Morgan fingerprint density at radius 1 is 1.50 bits per heavy atom. The summed E-state index contributed by atoms with van der Waals surface area (Å²) in [5.74, 6) is 0. The lowest BCUT2D eigenvalue weighted by molar-refractivity contribution is 0.223. The van der Waals surface area contributed by atoms with Gasteiger partial charge in [0.25, 0.3) is 0 Å². The number of nitrogens with one attached hydrogen (secondary N) is 1. The average Bonchev–Trinajstić information content (AvgIpc) is 2.40. The lowest BCUT2D eigenvalue weighted by Crippen LogP contribution is -2.46. The van der Waals surface area contributed by atoms with Gasteiger partial charge >= 0.3 is 0 Å². The molecule has 1 saturated heterocycles. The van der Waals surface area contributed by atoms with Crippen LogP contribution in [0.2, 0.25) is 0 Å². The Bertz CT molecular complexity index is 321. The largest absolute Gasteiger partial charge is 0.310 e. The van der Waals surface area contributed by atoms with Crippen molar-refractivity contribution in [2.45, 2.75) is 32.4 Å². The van der Waals surface area contributed by atoms with Crippen LogP contribution >= 0.6 is 0 Å². The summed E-state index contributed by atoms with van der Waals surface area (Å²) in [5.41, 5.74) is 1.53. The first-order valence-corrected chi connectivity index (χ1v) is 6.02. The van der Waals surface area contributed by atoms with E-state index in [0.29, 0.717) is 0 Å². The Labute approximate surface area is 97.9 Å². The third-order valence-electron chi connectivity index (χ3n) is 3.00. The molecule has 0 aliphatic carbocycles. The molecular weight excluding hydrogens is 198 g/mol. The SMILES string of the molecule is CC1(C)CN(Cc2cccnc2)CCCN1. The zero-order valence-corrected chi connectivity index (χ0v) is 10.2. The van der Waals surface area contributed by atoms with Crippen molar-refractivity contribution in [1.29, 1.82) is 0 Å². The van der Waals surface area contributed by atoms with Crippen LogP contribution in [0.5, 0.6) is 0 Å². The minimum absolute atomic E-state index is 0.221. The summed E-state index contributed by atoms with van der Waals surface area (Å²) in [6.45, 7) is 8.95. The van der Waals surface area contributed by atoms with Gasteiger partial charge in [-0.05, 0) is 45.0 Å². The highest BCUT2D eigenvalue weighted by atomic mass is 15.2. The molecule has 0 radical (unpaired) electrons. The van der Waals surface area contributed by atoms with Crippen molar-refractivity contribution in [2.75, 3.05) is 19.6 Å². The van der Waals surface area contributed by atoms with E-state index >= 15 is 0 Å². The molecule has 0 aromatic carbocycles. The number of rotatable bonds is 2. The molecule has 1 fully saturated rings. The third-order valence-corrected chi connectivity index (χ3v) is 3.00. The molecule has 1 aliphatic rings. The molecule has 0 unspecified atom stereocenters. The summed E-state index contributed by atoms with van der Waals surface area (Å²) in [6, 6.07) is 4.16. The molecule has 3 nitrogen and oxygen atoms in total. The molecule has 16 heavy (non-hydrogen) atoms. The number of pyridine rings is 1. The van der Waals surface area contributed by atoms with E-state index in [4.69, 9.17) is 0 Å². The minimum atomic E-state index is 0.221. The molecule has 1 aromatic heterocycles. The molecular formula is C13H21N3. The van der Waals surface area contributed by atoms with E-state index in [9.17, 15) is 0 Å². The molecule has 1 N–H and O–H groups in total. The Balaban J connectivity index is 1.98. The van der Waals surface area contributed by atoms with Gasteiger partial charge in [0.05, 0.1) is 0 Å². The minimum Gasteiger partial charge on any atom is -0.310 e. The van der Waals surface area contributed by atoms with E-state index in [1.54, 1.807) is 0 Å². The summed E-state index contributed by atoms with van der Waals surface area (Å²) in [6.07, 6.45) is 5.02. The van der Waals surface area contributed by atoms with E-state index in [1.165, 1.54) is 18.5 Å². The molecule has 2 heterocycles. The zero-order chi connectivity index (χ0) is 11.4. The van der Waals surface area contributed by atoms with E-state index < -0.39 is 0 Å². The smallest absolute Gasteiger partial charge is 0.0312 e. The summed E-state index contributed by atoms with van der Waals surface area (Å²) in [5, 5.41) is 3.58. The van der Waals surface area contributed by atoms with Crippen LogP contribution in [-0.2, 0) is 6.54 Å². The second-order valence-electron chi connectivity index (χ2n) is 5.24. The fraction of sp³-hybridized carbons (Fsp3) is 0.615. The monoisotopic (exact) mass is 219 g/mol. The highest BCUT2D eigenvalue weighted by Crippen LogP contribution is 2.13. The van der Waals surface area contributed by atoms with Crippen molar-refractivity contribution < 1.29 is 0 Å². The van der Waals surface area contributed by atoms with Crippen molar-refractivity contribution in [3.63, 3.8) is 0 Å². The number of aromatic nitrogens is 1. The zero-order valence-electron chi connectivity index (χ0n) is 10.2. The Morgan fingerprint density at radius 2 is 2.38 bits per heavy atom. The summed E-state index contributed by atoms with van der Waals surface area (Å²) >= 11 is 0. The van der Waals surface area contributed by atoms with E-state index in [1.807, 2.05) is 18.5 Å². The predicted molar refractivity (Wildman–Crippen MR) is 66.2 cm³/mol. The normalized spacial score (nSPS) is 21.6. The number of hydrogen-bond acceptors (Lipinski definition) is 3. The second kappa shape index (κ2) is 4.93. The Kier molecular flexibility index (Phi) is 3.56. The van der Waals surface area contributed by atoms with Gasteiger partial charge in [-0.2, -0.15) is 0 Å². The molecule has 0 amide bonds. The van der Waals surface area contributed by atoms with Crippen LogP contribution in [0.15, 0.2) is 24.5 Å². The maximum absolute atomic E-state index is 4.17. The molecule has 0 saturated carbocycles. The second-order valence-corrected chi connectivity index (χ2v) is 5.24. The van der Waals surface area contributed by atoms with Crippen LogP contribution in [0, 0.1) is 0 Å². The highest BCUT2D eigenvalue weighted by molar-refractivity contribution is 5.08. The fourth-order valence-corrected chi connectivity index (χ4v) is 2.31. The first kappa shape index (κ1) is 11.6. The molecule has 0 spiro atoms. The van der Waals surface area contributed by atoms with Gasteiger partial charge in [-0.15, -0.1) is 0 Å². The highest BCUT2D eigenvalue weighted by Gasteiger charge is 2.23. The van der Waals surface area contributed by atoms with Crippen LogP contribution in [0.3, 0.4) is 0 Å². The van der Waals surface area contributed by atoms with Gasteiger partial charge in [-0.3, -0.25) is 9.88 Å². The van der Waals surface area contributed by atoms with E-state index in [-0.39, 0.29) is 5.54 Å². The number of hydrogen-bond donors (Lipinski definition) is 1. The summed E-state index contributed by atoms with van der Waals surface area (Å²) in [4.78, 5) is 6.68. The van der Waals surface area contributed by atoms with Crippen LogP contribution in [0.25, 0.3) is 0 Å². The molecule has 88 valence electrons. The standard InChI is InChI=1S/C13H21N3/c1-13(2)11-16(8-4-7-15-13)10-12-5-3-6-14-9-12/h3,5-6,9,15H,4,7-8,10-11H2,1-2H3. The van der Waals surface area contributed by atoms with Crippen molar-refractivity contribution in [1.82, 2.24) is 15.2 Å². The van der Waals surface area contributed by atoms with Gasteiger partial charge in [0.15, 0.2) is 0 Å². The Morgan fingerprint density at radius 3 is 3.12 bits per heavy atom. The van der Waals surface area contributed by atoms with Crippen LogP contribution in [0.1, 0.15) is 25.8 Å². The molecule has 1 aliphatic heterocycles. The van der Waals surface area contributed by atoms with Crippen LogP contribution in [-0.4, -0.2) is 35.1 Å². The molecule has 2 rings (SSSR count). The van der Waals surface area contributed by atoms with Gasteiger partial charge < -0.3 is 5.32 Å². The maximum atomic E-state index is 4.17. The van der Waals surface area contributed by atoms with Crippen molar-refractivity contribution in [3.8, 4) is 0 Å². The quantitative estimate of drug-likeness (QED) is 0.820. The van der Waals surface area contributed by atoms with Gasteiger partial charge in [-0.1, -0.05) is 6.07 Å². The van der Waals surface area contributed by atoms with Gasteiger partial charge in [-0.25, -0.2) is 0 Å². The molecule has 0 bridgehead atoms. The van der Waals surface area contributed by atoms with Crippen LogP contribution < -0.4 is 5.32 Å². The summed E-state index contributed by atoms with van der Waals surface area (Å²) in [7, 11) is 0. The fourth-order valence-electron chi connectivity index (χ4n) is 2.31. The predicted octanol–water partition coefficient (Wildman–Crippen LogP) is 1.66. The van der Waals surface area contributed by atoms with Crippen molar-refractivity contribution in [3.05, 3.63) is 30.1 Å². The van der Waals surface area contributed by atoms with E-state index in [2.05, 4.69) is 35.1 Å². The number of nitrogens with zero attached hydrogens (tertiary/aromatic N) is 2. The molecule has 0 atom stereocenters. The van der Waals surface area contributed by atoms with Crippen LogP contribution in [0.4, 0.5) is 0 Å². The third kappa shape index (κ3) is 3.29. The summed E-state index contributed by atoms with van der Waals surface area (Å²) < 4.78 is 0. The molecule has 1 aromatic rings. The lowest BCUT2D eigenvalue weighted by atomic mass is 10.1.